The summed E-state index contributed by atoms with van der Waals surface area (Å²) in [4.78, 5) is 13.3. The van der Waals surface area contributed by atoms with Crippen LogP contribution in [0.5, 0.6) is 0 Å². The third-order valence-corrected chi connectivity index (χ3v) is 2.39. The molecule has 0 amide bonds. The van der Waals surface area contributed by atoms with Gasteiger partial charge in [-0.3, -0.25) is 0 Å². The molecule has 1 heterocycles. The molecular weight excluding hydrogens is 233 g/mol. The lowest BCUT2D eigenvalue weighted by atomic mass is 10.3. The Hall–Kier alpha value is 0.0700. The van der Waals surface area contributed by atoms with Crippen LogP contribution >= 0.6 is 22.6 Å². The summed E-state index contributed by atoms with van der Waals surface area (Å²) in [5.74, 6) is 0. The van der Waals surface area contributed by atoms with Gasteiger partial charge in [-0.05, 0) is 0 Å². The number of nitrogens with zero attached hydrogens (tertiary/aromatic N) is 1. The topological polar surface area (TPSA) is 38.7 Å². The van der Waals surface area contributed by atoms with Gasteiger partial charge in [-0.25, -0.2) is 4.79 Å². The highest BCUT2D eigenvalue weighted by molar-refractivity contribution is 14.1. The second-order valence-electron chi connectivity index (χ2n) is 1.84. The molecule has 9 heavy (non-hydrogen) atoms. The van der Waals surface area contributed by atoms with Crippen molar-refractivity contribution in [3.05, 3.63) is 0 Å². The number of hydrogen-bond donors (Lipinski definition) is 0. The maximum Gasteiger partial charge on any atom is 0.235 e. The van der Waals surface area contributed by atoms with E-state index in [1.165, 1.54) is 6.08 Å². The Labute approximate surface area is 66.6 Å². The summed E-state index contributed by atoms with van der Waals surface area (Å²) < 4.78 is 5.39. The zero-order valence-corrected chi connectivity index (χ0v) is 6.87. The first-order chi connectivity index (χ1) is 4.34. The van der Waals surface area contributed by atoms with E-state index >= 15 is 0 Å². The van der Waals surface area contributed by atoms with E-state index in [-0.39, 0.29) is 6.04 Å². The number of aliphatic imine (C=N–C) groups is 1. The summed E-state index contributed by atoms with van der Waals surface area (Å²) in [6, 6.07) is 0.0445. The summed E-state index contributed by atoms with van der Waals surface area (Å²) in [6.45, 7) is 1.28. The first-order valence-electron chi connectivity index (χ1n) is 2.63. The van der Waals surface area contributed by atoms with E-state index in [0.29, 0.717) is 17.1 Å². The van der Waals surface area contributed by atoms with Crippen molar-refractivity contribution in [3.63, 3.8) is 0 Å². The van der Waals surface area contributed by atoms with Gasteiger partial charge in [-0.15, -0.1) is 0 Å². The minimum absolute atomic E-state index is 0.0445. The zero-order valence-electron chi connectivity index (χ0n) is 4.71. The predicted octanol–water partition coefficient (Wildman–Crippen LogP) is 0.525. The molecule has 0 aromatic heterocycles. The van der Waals surface area contributed by atoms with Gasteiger partial charge in [0.1, 0.15) is 0 Å². The number of hydrogen-bond acceptors (Lipinski definition) is 3. The first-order valence-corrected chi connectivity index (χ1v) is 3.88. The van der Waals surface area contributed by atoms with Crippen LogP contribution < -0.4 is 0 Å². The summed E-state index contributed by atoms with van der Waals surface area (Å²) in [5.41, 5.74) is 0. The van der Waals surface area contributed by atoms with Gasteiger partial charge in [0.05, 0.1) is 23.2 Å². The van der Waals surface area contributed by atoms with E-state index in [0.717, 1.165) is 0 Å². The maximum absolute atomic E-state index is 9.76. The molecule has 4 heteroatoms. The maximum atomic E-state index is 9.76. The Balaban J connectivity index is 2.49. The standard InChI is InChI=1S/C5H6INO2/c6-4-1-9-2-5(4)7-3-8/h4-5H,1-2H2. The third-order valence-electron chi connectivity index (χ3n) is 1.20. The van der Waals surface area contributed by atoms with E-state index in [1.807, 2.05) is 0 Å². The SMILES string of the molecule is O=C=NC1COCC1I. The molecule has 1 fully saturated rings. The summed E-state index contributed by atoms with van der Waals surface area (Å²) in [6.07, 6.45) is 1.53. The van der Waals surface area contributed by atoms with Gasteiger partial charge in [0.25, 0.3) is 0 Å². The van der Waals surface area contributed by atoms with Crippen LogP contribution in [0.4, 0.5) is 0 Å². The largest absolute Gasteiger partial charge is 0.378 e. The number of rotatable bonds is 1. The quantitative estimate of drug-likeness (QED) is 0.289. The third kappa shape index (κ3) is 1.74. The van der Waals surface area contributed by atoms with Gasteiger partial charge in [-0.1, -0.05) is 22.6 Å². The molecule has 1 aliphatic rings. The Morgan fingerprint density at radius 3 is 2.89 bits per heavy atom. The molecule has 1 aliphatic heterocycles. The molecular formula is C5H6INO2. The highest BCUT2D eigenvalue weighted by atomic mass is 127. The highest BCUT2D eigenvalue weighted by Crippen LogP contribution is 2.16. The average molecular weight is 239 g/mol. The molecule has 1 rings (SSSR count). The van der Waals surface area contributed by atoms with Crippen LogP contribution in [0, 0.1) is 0 Å². The fourth-order valence-corrected chi connectivity index (χ4v) is 1.33. The van der Waals surface area contributed by atoms with Crippen LogP contribution in [0.3, 0.4) is 0 Å². The monoisotopic (exact) mass is 239 g/mol. The summed E-state index contributed by atoms with van der Waals surface area (Å²) in [7, 11) is 0. The molecule has 0 bridgehead atoms. The van der Waals surface area contributed by atoms with Crippen molar-refractivity contribution in [1.29, 1.82) is 0 Å². The van der Waals surface area contributed by atoms with Gasteiger partial charge in [0.2, 0.25) is 6.08 Å². The van der Waals surface area contributed by atoms with E-state index in [2.05, 4.69) is 27.6 Å². The average Bonchev–Trinajstić information content (AvgIpc) is 2.18. The lowest BCUT2D eigenvalue weighted by molar-refractivity contribution is 0.195. The normalized spacial score (nSPS) is 33.9. The number of ether oxygens (including phenoxy) is 1. The van der Waals surface area contributed by atoms with Crippen molar-refractivity contribution in [2.24, 2.45) is 4.99 Å². The van der Waals surface area contributed by atoms with Crippen molar-refractivity contribution in [2.45, 2.75) is 9.97 Å². The van der Waals surface area contributed by atoms with Crippen molar-refractivity contribution >= 4 is 28.7 Å². The highest BCUT2D eigenvalue weighted by Gasteiger charge is 2.24. The number of alkyl halides is 1. The van der Waals surface area contributed by atoms with E-state index in [1.54, 1.807) is 0 Å². The van der Waals surface area contributed by atoms with Crippen LogP contribution in [0.15, 0.2) is 4.99 Å². The van der Waals surface area contributed by atoms with E-state index < -0.39 is 0 Å². The lowest BCUT2D eigenvalue weighted by Gasteiger charge is -1.99. The molecule has 0 aromatic carbocycles. The lowest BCUT2D eigenvalue weighted by Crippen LogP contribution is -2.14. The van der Waals surface area contributed by atoms with Crippen molar-refractivity contribution < 1.29 is 9.53 Å². The van der Waals surface area contributed by atoms with Crippen LogP contribution in [-0.2, 0) is 9.53 Å². The van der Waals surface area contributed by atoms with Gasteiger partial charge in [0.15, 0.2) is 0 Å². The summed E-state index contributed by atoms with van der Waals surface area (Å²) >= 11 is 2.22. The zero-order chi connectivity index (χ0) is 6.69. The van der Waals surface area contributed by atoms with Gasteiger partial charge < -0.3 is 4.74 Å². The Morgan fingerprint density at radius 2 is 2.44 bits per heavy atom. The van der Waals surface area contributed by atoms with E-state index in [4.69, 9.17) is 4.74 Å². The second kappa shape index (κ2) is 3.29. The number of halogens is 1. The smallest absolute Gasteiger partial charge is 0.235 e. The van der Waals surface area contributed by atoms with Crippen molar-refractivity contribution in [3.8, 4) is 0 Å². The van der Waals surface area contributed by atoms with Crippen LogP contribution in [0.2, 0.25) is 0 Å². The van der Waals surface area contributed by atoms with E-state index in [9.17, 15) is 4.79 Å². The molecule has 0 N–H and O–H groups in total. The molecule has 0 aliphatic carbocycles. The Bertz CT molecular complexity index is 144. The molecule has 3 nitrogen and oxygen atoms in total. The van der Waals surface area contributed by atoms with Crippen LogP contribution in [0.1, 0.15) is 0 Å². The van der Waals surface area contributed by atoms with Crippen molar-refractivity contribution in [1.82, 2.24) is 0 Å². The van der Waals surface area contributed by atoms with Crippen molar-refractivity contribution in [2.75, 3.05) is 13.2 Å². The molecule has 2 atom stereocenters. The number of carbonyl (C=O) groups excluding carboxylic acids is 1. The number of isocyanates is 1. The Kier molecular flexibility index (Phi) is 2.63. The Morgan fingerprint density at radius 1 is 1.67 bits per heavy atom. The predicted molar refractivity (Wildman–Crippen MR) is 40.5 cm³/mol. The molecule has 0 aromatic rings. The van der Waals surface area contributed by atoms with Crippen LogP contribution in [0.25, 0.3) is 0 Å². The molecule has 0 radical (unpaired) electrons. The minimum Gasteiger partial charge on any atom is -0.378 e. The molecule has 0 saturated carbocycles. The summed E-state index contributed by atoms with van der Waals surface area (Å²) in [5, 5.41) is 0. The first kappa shape index (κ1) is 7.18. The fraction of sp³-hybridized carbons (Fsp3) is 0.800. The molecule has 2 unspecified atom stereocenters. The fourth-order valence-electron chi connectivity index (χ4n) is 0.703. The minimum atomic E-state index is 0.0445. The van der Waals surface area contributed by atoms with Gasteiger partial charge in [-0.2, -0.15) is 4.99 Å². The second-order valence-corrected chi connectivity index (χ2v) is 3.44. The van der Waals surface area contributed by atoms with Gasteiger partial charge in [0, 0.05) is 0 Å². The van der Waals surface area contributed by atoms with Gasteiger partial charge >= 0.3 is 0 Å². The molecule has 0 spiro atoms. The molecule has 50 valence electrons. The molecule has 1 saturated heterocycles. The van der Waals surface area contributed by atoms with Crippen LogP contribution in [-0.4, -0.2) is 29.3 Å².